The zero-order chi connectivity index (χ0) is 14.8. The molecule has 0 unspecified atom stereocenters. The van der Waals surface area contributed by atoms with Crippen molar-refractivity contribution in [3.8, 4) is 5.75 Å². The Morgan fingerprint density at radius 1 is 1.14 bits per heavy atom. The molecule has 0 saturated heterocycles. The van der Waals surface area contributed by atoms with Gasteiger partial charge in [0.15, 0.2) is 4.77 Å². The highest BCUT2D eigenvalue weighted by molar-refractivity contribution is 7.71. The zero-order valence-electron chi connectivity index (χ0n) is 12.2. The summed E-state index contributed by atoms with van der Waals surface area (Å²) in [5.41, 5.74) is 4.83. The van der Waals surface area contributed by atoms with Gasteiger partial charge in [0.1, 0.15) is 5.75 Å². The molecule has 0 aliphatic rings. The van der Waals surface area contributed by atoms with Gasteiger partial charge in [-0.15, -0.1) is 0 Å². The van der Waals surface area contributed by atoms with Crippen molar-refractivity contribution >= 4 is 23.3 Å². The second-order valence-electron chi connectivity index (χ2n) is 5.15. The summed E-state index contributed by atoms with van der Waals surface area (Å²) in [7, 11) is 1.68. The maximum absolute atomic E-state index is 5.45. The fraction of sp³-hybridized carbons (Fsp3) is 0.235. The number of benzene rings is 2. The van der Waals surface area contributed by atoms with Crippen molar-refractivity contribution < 1.29 is 4.74 Å². The molecule has 0 fully saturated rings. The third-order valence-corrected chi connectivity index (χ3v) is 4.10. The summed E-state index contributed by atoms with van der Waals surface area (Å²) in [4.78, 5) is 3.28. The Morgan fingerprint density at radius 3 is 2.62 bits per heavy atom. The number of nitrogens with zero attached hydrogens (tertiary/aromatic N) is 1. The third-order valence-electron chi connectivity index (χ3n) is 3.78. The van der Waals surface area contributed by atoms with Gasteiger partial charge in [-0.1, -0.05) is 24.3 Å². The number of imidazole rings is 1. The van der Waals surface area contributed by atoms with Crippen molar-refractivity contribution in [3.63, 3.8) is 0 Å². The van der Waals surface area contributed by atoms with E-state index in [-0.39, 0.29) is 0 Å². The highest BCUT2D eigenvalue weighted by atomic mass is 32.1. The van der Waals surface area contributed by atoms with Gasteiger partial charge in [-0.3, -0.25) is 0 Å². The van der Waals surface area contributed by atoms with Crippen LogP contribution in [-0.2, 0) is 13.0 Å². The summed E-state index contributed by atoms with van der Waals surface area (Å²) in [6.45, 7) is 2.99. The lowest BCUT2D eigenvalue weighted by Crippen LogP contribution is -2.02. The quantitative estimate of drug-likeness (QED) is 0.729. The maximum atomic E-state index is 5.45. The molecule has 4 heteroatoms. The summed E-state index contributed by atoms with van der Waals surface area (Å²) >= 11 is 5.45. The van der Waals surface area contributed by atoms with Crippen LogP contribution >= 0.6 is 12.2 Å². The van der Waals surface area contributed by atoms with Gasteiger partial charge in [0.2, 0.25) is 0 Å². The molecule has 3 aromatic rings. The number of hydrogen-bond donors (Lipinski definition) is 1. The van der Waals surface area contributed by atoms with Crippen LogP contribution in [-0.4, -0.2) is 16.7 Å². The molecule has 21 heavy (non-hydrogen) atoms. The Labute approximate surface area is 129 Å². The Hall–Kier alpha value is -2.07. The average molecular weight is 298 g/mol. The number of hydrogen-bond acceptors (Lipinski definition) is 2. The van der Waals surface area contributed by atoms with E-state index in [4.69, 9.17) is 17.0 Å². The number of para-hydroxylation sites is 1. The number of aromatic nitrogens is 2. The molecule has 0 bridgehead atoms. The van der Waals surface area contributed by atoms with Crippen LogP contribution in [0.15, 0.2) is 42.5 Å². The molecule has 108 valence electrons. The fourth-order valence-electron chi connectivity index (χ4n) is 2.65. The Morgan fingerprint density at radius 2 is 1.90 bits per heavy atom. The predicted octanol–water partition coefficient (Wildman–Crippen LogP) is 4.26. The second-order valence-corrected chi connectivity index (χ2v) is 5.54. The fourth-order valence-corrected chi connectivity index (χ4v) is 2.94. The number of aryl methyl sites for hydroxylation is 3. The zero-order valence-corrected chi connectivity index (χ0v) is 13.0. The van der Waals surface area contributed by atoms with Gasteiger partial charge in [-0.2, -0.15) is 0 Å². The molecule has 3 rings (SSSR count). The monoisotopic (exact) mass is 298 g/mol. The molecule has 2 aromatic carbocycles. The van der Waals surface area contributed by atoms with Crippen molar-refractivity contribution in [2.75, 3.05) is 7.11 Å². The van der Waals surface area contributed by atoms with E-state index in [2.05, 4.69) is 46.8 Å². The van der Waals surface area contributed by atoms with Crippen molar-refractivity contribution in [1.29, 1.82) is 0 Å². The highest BCUT2D eigenvalue weighted by Crippen LogP contribution is 2.19. The van der Waals surface area contributed by atoms with Gasteiger partial charge >= 0.3 is 0 Å². The van der Waals surface area contributed by atoms with E-state index in [1.165, 1.54) is 16.6 Å². The van der Waals surface area contributed by atoms with Gasteiger partial charge in [-0.05, 0) is 54.9 Å². The van der Waals surface area contributed by atoms with E-state index in [1.54, 1.807) is 7.11 Å². The second kappa shape index (κ2) is 5.74. The molecule has 0 radical (unpaired) electrons. The van der Waals surface area contributed by atoms with E-state index in [1.807, 2.05) is 12.1 Å². The molecule has 1 heterocycles. The molecule has 0 amide bonds. The van der Waals surface area contributed by atoms with Crippen molar-refractivity contribution in [3.05, 3.63) is 58.4 Å². The van der Waals surface area contributed by atoms with Crippen LogP contribution in [0.1, 0.15) is 11.1 Å². The van der Waals surface area contributed by atoms with Crippen LogP contribution in [0.25, 0.3) is 11.0 Å². The minimum atomic E-state index is 0.785. The first-order chi connectivity index (χ1) is 10.2. The number of H-pyrrole nitrogens is 1. The molecule has 0 aliphatic heterocycles. The molecular weight excluding hydrogens is 280 g/mol. The van der Waals surface area contributed by atoms with Gasteiger partial charge in [-0.25, -0.2) is 0 Å². The molecule has 1 aromatic heterocycles. The Bertz CT molecular complexity index is 815. The number of rotatable bonds is 4. The van der Waals surface area contributed by atoms with Gasteiger partial charge in [0, 0.05) is 6.54 Å². The minimum absolute atomic E-state index is 0.785. The Kier molecular flexibility index (Phi) is 3.80. The normalized spacial score (nSPS) is 11.0. The lowest BCUT2D eigenvalue weighted by Gasteiger charge is -2.07. The molecule has 0 saturated carbocycles. The first kappa shape index (κ1) is 13.9. The summed E-state index contributed by atoms with van der Waals surface area (Å²) in [6, 6.07) is 14.4. The number of methoxy groups -OCH3 is 1. The largest absolute Gasteiger partial charge is 0.497 e. The number of aromatic amines is 1. The lowest BCUT2D eigenvalue weighted by molar-refractivity contribution is 0.414. The van der Waals surface area contributed by atoms with Crippen molar-refractivity contribution in [2.24, 2.45) is 0 Å². The van der Waals surface area contributed by atoms with Crippen molar-refractivity contribution in [1.82, 2.24) is 9.55 Å². The molecule has 3 nitrogen and oxygen atoms in total. The summed E-state index contributed by atoms with van der Waals surface area (Å²) < 4.78 is 8.15. The summed E-state index contributed by atoms with van der Waals surface area (Å²) in [5.74, 6) is 0.887. The topological polar surface area (TPSA) is 29.9 Å². The summed E-state index contributed by atoms with van der Waals surface area (Å²) in [5, 5.41) is 0. The van der Waals surface area contributed by atoms with E-state index in [0.717, 1.165) is 29.0 Å². The van der Waals surface area contributed by atoms with E-state index >= 15 is 0 Å². The molecule has 0 spiro atoms. The predicted molar refractivity (Wildman–Crippen MR) is 88.6 cm³/mol. The van der Waals surface area contributed by atoms with Crippen LogP contribution in [0.4, 0.5) is 0 Å². The first-order valence-corrected chi connectivity index (χ1v) is 7.41. The highest BCUT2D eigenvalue weighted by Gasteiger charge is 2.06. The van der Waals surface area contributed by atoms with E-state index < -0.39 is 0 Å². The van der Waals surface area contributed by atoms with Gasteiger partial charge < -0.3 is 14.3 Å². The van der Waals surface area contributed by atoms with Crippen LogP contribution in [0, 0.1) is 11.7 Å². The molecular formula is C17H18N2OS. The SMILES string of the molecule is COc1ccc(CCn2c(=S)[nH]c3cccc(C)c32)cc1. The Balaban J connectivity index is 1.88. The van der Waals surface area contributed by atoms with Gasteiger partial charge in [0.25, 0.3) is 0 Å². The van der Waals surface area contributed by atoms with E-state index in [0.29, 0.717) is 0 Å². The van der Waals surface area contributed by atoms with E-state index in [9.17, 15) is 0 Å². The minimum Gasteiger partial charge on any atom is -0.497 e. The molecule has 0 atom stereocenters. The lowest BCUT2D eigenvalue weighted by atomic mass is 10.1. The first-order valence-electron chi connectivity index (χ1n) is 7.00. The number of nitrogens with one attached hydrogen (secondary N) is 1. The number of ether oxygens (including phenoxy) is 1. The smallest absolute Gasteiger partial charge is 0.178 e. The maximum Gasteiger partial charge on any atom is 0.178 e. The average Bonchev–Trinajstić information content (AvgIpc) is 2.82. The molecule has 0 aliphatic carbocycles. The third kappa shape index (κ3) is 2.72. The van der Waals surface area contributed by atoms with Crippen LogP contribution in [0.2, 0.25) is 0 Å². The molecule has 1 N–H and O–H groups in total. The number of fused-ring (bicyclic) bond motifs is 1. The summed E-state index contributed by atoms with van der Waals surface area (Å²) in [6.07, 6.45) is 0.944. The van der Waals surface area contributed by atoms with Crippen LogP contribution < -0.4 is 4.74 Å². The van der Waals surface area contributed by atoms with Crippen LogP contribution in [0.3, 0.4) is 0 Å². The van der Waals surface area contributed by atoms with Gasteiger partial charge in [0.05, 0.1) is 18.1 Å². The van der Waals surface area contributed by atoms with Crippen LogP contribution in [0.5, 0.6) is 5.75 Å². The standard InChI is InChI=1S/C17H18N2OS/c1-12-4-3-5-15-16(12)19(17(21)18-15)11-10-13-6-8-14(20-2)9-7-13/h3-9H,10-11H2,1-2H3,(H,18,21). The van der Waals surface area contributed by atoms with Crippen molar-refractivity contribution in [2.45, 2.75) is 19.9 Å².